The first kappa shape index (κ1) is 11.2. The van der Waals surface area contributed by atoms with Gasteiger partial charge in [0, 0.05) is 19.3 Å². The third-order valence-electron chi connectivity index (χ3n) is 3.64. The van der Waals surface area contributed by atoms with E-state index in [2.05, 4.69) is 29.8 Å². The van der Waals surface area contributed by atoms with E-state index >= 15 is 0 Å². The molecule has 0 aromatic carbocycles. The molecule has 3 heteroatoms. The van der Waals surface area contributed by atoms with Crippen LogP contribution in [0.15, 0.2) is 18.3 Å². The molecule has 1 aliphatic heterocycles. The fraction of sp³-hybridized carbons (Fsp3) is 0.615. The minimum Gasteiger partial charge on any atom is -0.382 e. The molecule has 0 unspecified atom stereocenters. The molecule has 0 aliphatic carbocycles. The normalized spacial score (nSPS) is 18.1. The van der Waals surface area contributed by atoms with Crippen molar-refractivity contribution in [3.8, 4) is 0 Å². The number of nitrogens with two attached hydrogens (primary N) is 1. The molecule has 2 heterocycles. The van der Waals surface area contributed by atoms with Crippen LogP contribution in [0.5, 0.6) is 0 Å². The van der Waals surface area contributed by atoms with Crippen molar-refractivity contribution in [2.24, 2.45) is 11.8 Å². The topological polar surface area (TPSA) is 42.2 Å². The first-order valence-electron chi connectivity index (χ1n) is 6.14. The minimum atomic E-state index is 0.658. The van der Waals surface area contributed by atoms with Gasteiger partial charge in [-0.1, -0.05) is 13.8 Å². The van der Waals surface area contributed by atoms with Gasteiger partial charge < -0.3 is 10.6 Å². The van der Waals surface area contributed by atoms with E-state index in [-0.39, 0.29) is 0 Å². The Hall–Kier alpha value is -1.25. The molecule has 1 saturated heterocycles. The second-order valence-corrected chi connectivity index (χ2v) is 4.98. The highest BCUT2D eigenvalue weighted by Crippen LogP contribution is 2.29. The van der Waals surface area contributed by atoms with Crippen LogP contribution in [0.1, 0.15) is 26.7 Å². The van der Waals surface area contributed by atoms with Gasteiger partial charge in [-0.05, 0) is 36.8 Å². The third kappa shape index (κ3) is 2.29. The molecule has 2 N–H and O–H groups in total. The zero-order chi connectivity index (χ0) is 11.5. The largest absolute Gasteiger partial charge is 0.382 e. The Labute approximate surface area is 97.7 Å². The summed E-state index contributed by atoms with van der Waals surface area (Å²) in [6.07, 6.45) is 4.29. The van der Waals surface area contributed by atoms with E-state index in [1.54, 1.807) is 6.20 Å². The number of hydrogen-bond acceptors (Lipinski definition) is 3. The highest BCUT2D eigenvalue weighted by Gasteiger charge is 2.22. The van der Waals surface area contributed by atoms with E-state index in [4.69, 9.17) is 5.73 Å². The predicted octanol–water partition coefficient (Wildman–Crippen LogP) is 2.54. The van der Waals surface area contributed by atoms with Crippen molar-refractivity contribution in [1.82, 2.24) is 4.98 Å². The molecule has 0 saturated carbocycles. The van der Waals surface area contributed by atoms with Crippen LogP contribution in [0.3, 0.4) is 0 Å². The highest BCUT2D eigenvalue weighted by molar-refractivity contribution is 5.63. The van der Waals surface area contributed by atoms with Crippen LogP contribution in [0.4, 0.5) is 11.5 Å². The number of aromatic nitrogens is 1. The molecule has 1 fully saturated rings. The van der Waals surface area contributed by atoms with Crippen molar-refractivity contribution in [2.75, 3.05) is 23.7 Å². The summed E-state index contributed by atoms with van der Waals surface area (Å²) in [6.45, 7) is 6.86. The number of nitrogen functional groups attached to an aromatic ring is 1. The summed E-state index contributed by atoms with van der Waals surface area (Å²) < 4.78 is 0. The molecule has 1 aliphatic rings. The highest BCUT2D eigenvalue weighted by atomic mass is 15.2. The number of anilines is 2. The lowest BCUT2D eigenvalue weighted by atomic mass is 9.86. The molecule has 1 aromatic rings. The lowest BCUT2D eigenvalue weighted by Gasteiger charge is -2.35. The average molecular weight is 219 g/mol. The van der Waals surface area contributed by atoms with Gasteiger partial charge in [0.05, 0.1) is 5.69 Å². The molecular formula is C13H21N3. The van der Waals surface area contributed by atoms with Crippen LogP contribution in [0.25, 0.3) is 0 Å². The maximum absolute atomic E-state index is 5.89. The molecule has 0 spiro atoms. The van der Waals surface area contributed by atoms with Gasteiger partial charge in [0.15, 0.2) is 0 Å². The maximum atomic E-state index is 5.89. The second-order valence-electron chi connectivity index (χ2n) is 4.98. The summed E-state index contributed by atoms with van der Waals surface area (Å²) in [5.74, 6) is 2.33. The summed E-state index contributed by atoms with van der Waals surface area (Å²) in [6, 6.07) is 4.03. The van der Waals surface area contributed by atoms with Gasteiger partial charge in [0.25, 0.3) is 0 Å². The molecular weight excluding hydrogens is 198 g/mol. The van der Waals surface area contributed by atoms with E-state index < -0.39 is 0 Å². The second kappa shape index (κ2) is 4.73. The summed E-state index contributed by atoms with van der Waals surface area (Å²) in [5.41, 5.74) is 6.99. The SMILES string of the molecule is CC(C)C1CCN(c2cccnc2N)CC1. The number of hydrogen-bond donors (Lipinski definition) is 1. The fourth-order valence-electron chi connectivity index (χ4n) is 2.48. The van der Waals surface area contributed by atoms with E-state index in [1.165, 1.54) is 12.8 Å². The number of piperidine rings is 1. The molecule has 16 heavy (non-hydrogen) atoms. The van der Waals surface area contributed by atoms with Crippen molar-refractivity contribution >= 4 is 11.5 Å². The van der Waals surface area contributed by atoms with Crippen molar-refractivity contribution in [2.45, 2.75) is 26.7 Å². The predicted molar refractivity (Wildman–Crippen MR) is 68.4 cm³/mol. The molecule has 0 atom stereocenters. The molecule has 88 valence electrons. The van der Waals surface area contributed by atoms with Crippen LogP contribution in [-0.4, -0.2) is 18.1 Å². The Bertz CT molecular complexity index is 341. The zero-order valence-corrected chi connectivity index (χ0v) is 10.2. The van der Waals surface area contributed by atoms with Gasteiger partial charge in [-0.15, -0.1) is 0 Å². The Morgan fingerprint density at radius 1 is 1.38 bits per heavy atom. The Morgan fingerprint density at radius 3 is 2.62 bits per heavy atom. The summed E-state index contributed by atoms with van der Waals surface area (Å²) in [4.78, 5) is 6.51. The Morgan fingerprint density at radius 2 is 2.06 bits per heavy atom. The summed E-state index contributed by atoms with van der Waals surface area (Å²) in [7, 11) is 0. The standard InChI is InChI=1S/C13H21N3/c1-10(2)11-5-8-16(9-6-11)12-4-3-7-15-13(12)14/h3-4,7,10-11H,5-6,8-9H2,1-2H3,(H2,14,15). The lowest BCUT2D eigenvalue weighted by Crippen LogP contribution is -2.35. The number of pyridine rings is 1. The van der Waals surface area contributed by atoms with E-state index in [9.17, 15) is 0 Å². The van der Waals surface area contributed by atoms with Crippen molar-refractivity contribution in [3.05, 3.63) is 18.3 Å². The first-order chi connectivity index (χ1) is 7.68. The smallest absolute Gasteiger partial charge is 0.146 e. The van der Waals surface area contributed by atoms with Crippen LogP contribution in [0, 0.1) is 11.8 Å². The van der Waals surface area contributed by atoms with Gasteiger partial charge >= 0.3 is 0 Å². The van der Waals surface area contributed by atoms with Crippen molar-refractivity contribution in [3.63, 3.8) is 0 Å². The molecule has 0 bridgehead atoms. The molecule has 1 aromatic heterocycles. The van der Waals surface area contributed by atoms with E-state index in [1.807, 2.05) is 6.07 Å². The van der Waals surface area contributed by atoms with Crippen molar-refractivity contribution < 1.29 is 0 Å². The first-order valence-corrected chi connectivity index (χ1v) is 6.14. The monoisotopic (exact) mass is 219 g/mol. The van der Waals surface area contributed by atoms with Crippen molar-refractivity contribution in [1.29, 1.82) is 0 Å². The number of rotatable bonds is 2. The van der Waals surface area contributed by atoms with Crippen LogP contribution in [0.2, 0.25) is 0 Å². The van der Waals surface area contributed by atoms with Gasteiger partial charge in [-0.2, -0.15) is 0 Å². The molecule has 0 radical (unpaired) electrons. The quantitative estimate of drug-likeness (QED) is 0.831. The molecule has 3 nitrogen and oxygen atoms in total. The van der Waals surface area contributed by atoms with Crippen LogP contribution < -0.4 is 10.6 Å². The van der Waals surface area contributed by atoms with Crippen LogP contribution in [-0.2, 0) is 0 Å². The zero-order valence-electron chi connectivity index (χ0n) is 10.2. The lowest BCUT2D eigenvalue weighted by molar-refractivity contribution is 0.311. The van der Waals surface area contributed by atoms with Gasteiger partial charge in [-0.25, -0.2) is 4.98 Å². The Kier molecular flexibility index (Phi) is 3.32. The minimum absolute atomic E-state index is 0.658. The molecule has 2 rings (SSSR count). The van der Waals surface area contributed by atoms with Gasteiger partial charge in [0.2, 0.25) is 0 Å². The average Bonchev–Trinajstić information content (AvgIpc) is 2.30. The van der Waals surface area contributed by atoms with Gasteiger partial charge in [0.1, 0.15) is 5.82 Å². The van der Waals surface area contributed by atoms with Gasteiger partial charge in [-0.3, -0.25) is 0 Å². The van der Waals surface area contributed by atoms with E-state index in [0.717, 1.165) is 30.6 Å². The fourth-order valence-corrected chi connectivity index (χ4v) is 2.48. The molecule has 0 amide bonds. The number of nitrogens with zero attached hydrogens (tertiary/aromatic N) is 2. The third-order valence-corrected chi connectivity index (χ3v) is 3.64. The maximum Gasteiger partial charge on any atom is 0.146 e. The van der Waals surface area contributed by atoms with Crippen LogP contribution >= 0.6 is 0 Å². The van der Waals surface area contributed by atoms with E-state index in [0.29, 0.717) is 5.82 Å². The summed E-state index contributed by atoms with van der Waals surface area (Å²) >= 11 is 0. The Balaban J connectivity index is 2.02. The summed E-state index contributed by atoms with van der Waals surface area (Å²) in [5, 5.41) is 0.